The first kappa shape index (κ1) is 26.0. The molecule has 2 aromatic carbocycles. The van der Waals surface area contributed by atoms with Crippen molar-refractivity contribution in [3.05, 3.63) is 81.9 Å². The van der Waals surface area contributed by atoms with Crippen LogP contribution in [0.1, 0.15) is 24.3 Å². The summed E-state index contributed by atoms with van der Waals surface area (Å²) in [5.41, 5.74) is 0.723. The first-order valence-electron chi connectivity index (χ1n) is 11.4. The summed E-state index contributed by atoms with van der Waals surface area (Å²) in [6, 6.07) is 11.5. The number of benzene rings is 2. The van der Waals surface area contributed by atoms with E-state index in [1.165, 1.54) is 60.5 Å². The van der Waals surface area contributed by atoms with Crippen LogP contribution in [0.15, 0.2) is 70.6 Å². The molecule has 0 saturated heterocycles. The van der Waals surface area contributed by atoms with Crippen LogP contribution in [0.5, 0.6) is 5.75 Å². The number of pyridine rings is 1. The molecule has 5 rings (SSSR count). The van der Waals surface area contributed by atoms with Gasteiger partial charge < -0.3 is 4.74 Å². The highest BCUT2D eigenvalue weighted by atomic mass is 35.5. The van der Waals surface area contributed by atoms with Crippen LogP contribution in [0.25, 0.3) is 16.6 Å². The molecule has 2 aromatic heterocycles. The Labute approximate surface area is 220 Å². The van der Waals surface area contributed by atoms with Crippen molar-refractivity contribution in [3.63, 3.8) is 0 Å². The maximum atomic E-state index is 13.0. The average Bonchev–Trinajstić information content (AvgIpc) is 2.83. The van der Waals surface area contributed by atoms with Gasteiger partial charge in [0.1, 0.15) is 5.75 Å². The number of methoxy groups -OCH3 is 1. The van der Waals surface area contributed by atoms with Crippen molar-refractivity contribution in [2.75, 3.05) is 11.8 Å². The monoisotopic (exact) mass is 564 g/mol. The molecule has 0 atom stereocenters. The van der Waals surface area contributed by atoms with Gasteiger partial charge in [0.25, 0.3) is 15.6 Å². The molecule has 0 spiro atoms. The molecule has 0 bridgehead atoms. The van der Waals surface area contributed by atoms with Gasteiger partial charge >= 0.3 is 6.18 Å². The third-order valence-electron chi connectivity index (χ3n) is 6.55. The van der Waals surface area contributed by atoms with Crippen molar-refractivity contribution in [1.82, 2.24) is 14.5 Å². The van der Waals surface area contributed by atoms with Crippen molar-refractivity contribution in [2.24, 2.45) is 5.92 Å². The fourth-order valence-electron chi connectivity index (χ4n) is 4.52. The number of anilines is 1. The number of sulfonamides is 1. The predicted molar refractivity (Wildman–Crippen MR) is 135 cm³/mol. The van der Waals surface area contributed by atoms with Crippen molar-refractivity contribution in [3.8, 4) is 11.4 Å². The first-order valence-corrected chi connectivity index (χ1v) is 13.2. The van der Waals surface area contributed by atoms with Crippen LogP contribution in [0, 0.1) is 5.92 Å². The van der Waals surface area contributed by atoms with Gasteiger partial charge in [-0.05, 0) is 66.8 Å². The number of halogens is 4. The second-order valence-electron chi connectivity index (χ2n) is 8.86. The lowest BCUT2D eigenvalue weighted by molar-refractivity contribution is -0.197. The SMILES string of the molecule is COc1cc([C@H]2C[C@H](C(F)(F)F)C2)c(Cl)cc1-n1c(=O)ccc2cc(S(=O)(=O)Nc3ncccn3)ccc21. The van der Waals surface area contributed by atoms with E-state index >= 15 is 0 Å². The number of hydrogen-bond acceptors (Lipinski definition) is 6. The highest BCUT2D eigenvalue weighted by Crippen LogP contribution is 2.51. The smallest absolute Gasteiger partial charge is 0.391 e. The second-order valence-corrected chi connectivity index (χ2v) is 10.9. The zero-order valence-electron chi connectivity index (χ0n) is 19.7. The molecular weight excluding hydrogens is 545 g/mol. The second kappa shape index (κ2) is 9.59. The minimum atomic E-state index is -4.25. The number of rotatable bonds is 6. The third kappa shape index (κ3) is 4.81. The molecule has 1 fully saturated rings. The van der Waals surface area contributed by atoms with E-state index in [1.807, 2.05) is 0 Å². The van der Waals surface area contributed by atoms with Gasteiger partial charge in [-0.1, -0.05) is 11.6 Å². The Balaban J connectivity index is 1.54. The summed E-state index contributed by atoms with van der Waals surface area (Å²) in [6.45, 7) is 0. The zero-order valence-corrected chi connectivity index (χ0v) is 21.3. The number of nitrogens with zero attached hydrogens (tertiary/aromatic N) is 3. The Morgan fingerprint density at radius 2 is 1.79 bits per heavy atom. The lowest BCUT2D eigenvalue weighted by Crippen LogP contribution is -2.34. The molecule has 198 valence electrons. The summed E-state index contributed by atoms with van der Waals surface area (Å²) in [4.78, 5) is 20.6. The van der Waals surface area contributed by atoms with E-state index in [1.54, 1.807) is 12.1 Å². The van der Waals surface area contributed by atoms with Crippen LogP contribution >= 0.6 is 11.6 Å². The van der Waals surface area contributed by atoms with E-state index in [-0.39, 0.29) is 46.1 Å². The zero-order chi connectivity index (χ0) is 27.2. The molecule has 4 aromatic rings. The number of fused-ring (bicyclic) bond motifs is 1. The van der Waals surface area contributed by atoms with Gasteiger partial charge in [-0.3, -0.25) is 9.36 Å². The minimum absolute atomic E-state index is 0.0702. The largest absolute Gasteiger partial charge is 0.495 e. The van der Waals surface area contributed by atoms with E-state index in [0.29, 0.717) is 16.5 Å². The minimum Gasteiger partial charge on any atom is -0.495 e. The van der Waals surface area contributed by atoms with Gasteiger partial charge in [0.05, 0.1) is 29.1 Å². The highest BCUT2D eigenvalue weighted by Gasteiger charge is 2.48. The molecule has 13 heteroatoms. The number of aromatic nitrogens is 3. The Morgan fingerprint density at radius 3 is 2.45 bits per heavy atom. The van der Waals surface area contributed by atoms with Crippen LogP contribution in [-0.4, -0.2) is 36.2 Å². The normalized spacial score (nSPS) is 17.7. The molecule has 38 heavy (non-hydrogen) atoms. The molecule has 1 aliphatic carbocycles. The first-order chi connectivity index (χ1) is 18.0. The van der Waals surface area contributed by atoms with Crippen molar-refractivity contribution in [1.29, 1.82) is 0 Å². The van der Waals surface area contributed by atoms with Gasteiger partial charge in [0.15, 0.2) is 0 Å². The standard InChI is InChI=1S/C25H20ClF3N4O4S/c1-37-22-12-18(15-9-16(10-15)25(27,28)29)19(26)13-21(22)33-20-5-4-17(11-14(20)3-6-23(33)34)38(35,36)32-24-30-7-2-8-31-24/h2-8,11-13,15-16H,9-10H2,1H3,(H,30,31,32)/t15-,16-. The third-order valence-corrected chi connectivity index (χ3v) is 8.20. The summed E-state index contributed by atoms with van der Waals surface area (Å²) in [5.74, 6) is -1.60. The number of hydrogen-bond donors (Lipinski definition) is 1. The molecule has 1 saturated carbocycles. The lowest BCUT2D eigenvalue weighted by Gasteiger charge is -2.37. The molecule has 0 aliphatic heterocycles. The Hall–Kier alpha value is -3.64. The Kier molecular flexibility index (Phi) is 6.56. The van der Waals surface area contributed by atoms with E-state index in [0.717, 1.165) is 0 Å². The lowest BCUT2D eigenvalue weighted by atomic mass is 9.71. The van der Waals surface area contributed by atoms with E-state index < -0.39 is 27.7 Å². The number of alkyl halides is 3. The summed E-state index contributed by atoms with van der Waals surface area (Å²) in [7, 11) is -2.64. The van der Waals surface area contributed by atoms with Gasteiger partial charge in [-0.15, -0.1) is 0 Å². The van der Waals surface area contributed by atoms with Gasteiger partial charge in [-0.25, -0.2) is 23.1 Å². The molecule has 1 aliphatic rings. The average molecular weight is 565 g/mol. The molecule has 0 unspecified atom stereocenters. The molecule has 8 nitrogen and oxygen atoms in total. The van der Waals surface area contributed by atoms with Crippen LogP contribution in [0.2, 0.25) is 5.02 Å². The van der Waals surface area contributed by atoms with E-state index in [2.05, 4.69) is 14.7 Å². The van der Waals surface area contributed by atoms with Gasteiger partial charge in [0, 0.05) is 28.9 Å². The van der Waals surface area contributed by atoms with Gasteiger partial charge in [0.2, 0.25) is 5.95 Å². The molecule has 0 amide bonds. The summed E-state index contributed by atoms with van der Waals surface area (Å²) in [6.07, 6.45) is -1.60. The fraction of sp³-hybridized carbons (Fsp3) is 0.240. The maximum Gasteiger partial charge on any atom is 0.391 e. The molecule has 2 heterocycles. The summed E-state index contributed by atoms with van der Waals surface area (Å²) >= 11 is 6.49. The van der Waals surface area contributed by atoms with Crippen LogP contribution in [0.3, 0.4) is 0 Å². The number of nitrogens with one attached hydrogen (secondary N) is 1. The highest BCUT2D eigenvalue weighted by molar-refractivity contribution is 7.92. The van der Waals surface area contributed by atoms with Crippen molar-refractivity contribution >= 4 is 38.5 Å². The summed E-state index contributed by atoms with van der Waals surface area (Å²) < 4.78 is 73.8. The molecule has 0 radical (unpaired) electrons. The van der Waals surface area contributed by atoms with Crippen LogP contribution in [0.4, 0.5) is 19.1 Å². The van der Waals surface area contributed by atoms with E-state index in [9.17, 15) is 26.4 Å². The predicted octanol–water partition coefficient (Wildman–Crippen LogP) is 5.30. The van der Waals surface area contributed by atoms with Crippen molar-refractivity contribution < 1.29 is 26.3 Å². The fourth-order valence-corrected chi connectivity index (χ4v) is 5.82. The van der Waals surface area contributed by atoms with E-state index in [4.69, 9.17) is 16.3 Å². The molecular formula is C25H20ClF3N4O4S. The Morgan fingerprint density at radius 1 is 1.08 bits per heavy atom. The van der Waals surface area contributed by atoms with Crippen LogP contribution in [-0.2, 0) is 10.0 Å². The maximum absolute atomic E-state index is 13.0. The number of ether oxygens (including phenoxy) is 1. The Bertz CT molecular complexity index is 1690. The van der Waals surface area contributed by atoms with Gasteiger partial charge in [-0.2, -0.15) is 13.2 Å². The quantitative estimate of drug-likeness (QED) is 0.341. The summed E-state index contributed by atoms with van der Waals surface area (Å²) in [5, 5.41) is 0.636. The van der Waals surface area contributed by atoms with Crippen molar-refractivity contribution in [2.45, 2.75) is 29.8 Å². The topological polar surface area (TPSA) is 103 Å². The molecule has 1 N–H and O–H groups in total. The van der Waals surface area contributed by atoms with Crippen LogP contribution < -0.4 is 15.0 Å².